The summed E-state index contributed by atoms with van der Waals surface area (Å²) >= 11 is 0. The predicted octanol–water partition coefficient (Wildman–Crippen LogP) is 5.39. The molecule has 0 bridgehead atoms. The van der Waals surface area contributed by atoms with Crippen molar-refractivity contribution in [2.24, 2.45) is 0 Å². The molecule has 0 radical (unpaired) electrons. The third-order valence-corrected chi connectivity index (χ3v) is 5.01. The van der Waals surface area contributed by atoms with Crippen molar-refractivity contribution in [3.05, 3.63) is 107 Å². The van der Waals surface area contributed by atoms with Crippen molar-refractivity contribution in [2.45, 2.75) is 13.2 Å². The maximum absolute atomic E-state index is 11.8. The number of carbonyl (C=O) groups is 2. The van der Waals surface area contributed by atoms with Gasteiger partial charge in [0.05, 0.1) is 0 Å². The van der Waals surface area contributed by atoms with Crippen molar-refractivity contribution in [1.82, 2.24) is 0 Å². The molecule has 4 aromatic rings. The minimum absolute atomic E-state index is 0.00878. The highest BCUT2D eigenvalue weighted by Gasteiger charge is 2.21. The van der Waals surface area contributed by atoms with E-state index in [1.807, 2.05) is 60.7 Å². The van der Waals surface area contributed by atoms with E-state index in [0.717, 1.165) is 11.1 Å². The molecule has 160 valence electrons. The van der Waals surface area contributed by atoms with Crippen molar-refractivity contribution < 1.29 is 29.3 Å². The summed E-state index contributed by atoms with van der Waals surface area (Å²) in [6, 6.07) is 24.7. The molecule has 4 aromatic carbocycles. The van der Waals surface area contributed by atoms with Gasteiger partial charge in [0.2, 0.25) is 0 Å². The fourth-order valence-electron chi connectivity index (χ4n) is 3.46. The van der Waals surface area contributed by atoms with Crippen LogP contribution in [0.15, 0.2) is 84.9 Å². The predicted molar refractivity (Wildman–Crippen MR) is 119 cm³/mol. The van der Waals surface area contributed by atoms with Gasteiger partial charge in [0.25, 0.3) is 0 Å². The number of rotatable bonds is 8. The van der Waals surface area contributed by atoms with E-state index >= 15 is 0 Å². The summed E-state index contributed by atoms with van der Waals surface area (Å²) in [4.78, 5) is 23.7. The summed E-state index contributed by atoms with van der Waals surface area (Å²) in [6.07, 6.45) is 0. The monoisotopic (exact) mass is 428 g/mol. The Morgan fingerprint density at radius 1 is 0.562 bits per heavy atom. The van der Waals surface area contributed by atoms with Crippen LogP contribution in [-0.4, -0.2) is 22.2 Å². The van der Waals surface area contributed by atoms with E-state index in [-0.39, 0.29) is 35.8 Å². The van der Waals surface area contributed by atoms with Crippen molar-refractivity contribution in [2.75, 3.05) is 0 Å². The molecule has 0 aliphatic heterocycles. The number of aromatic carboxylic acids is 2. The molecule has 0 saturated carbocycles. The van der Waals surface area contributed by atoms with Crippen LogP contribution in [0.3, 0.4) is 0 Å². The molecular formula is C26H20O6. The van der Waals surface area contributed by atoms with Gasteiger partial charge < -0.3 is 19.7 Å². The minimum Gasteiger partial charge on any atom is -0.487 e. The smallest absolute Gasteiger partial charge is 0.339 e. The molecule has 6 nitrogen and oxygen atoms in total. The first-order valence-corrected chi connectivity index (χ1v) is 9.94. The Morgan fingerprint density at radius 3 is 1.28 bits per heavy atom. The van der Waals surface area contributed by atoms with Gasteiger partial charge in [-0.25, -0.2) is 9.59 Å². The first-order valence-electron chi connectivity index (χ1n) is 9.94. The van der Waals surface area contributed by atoms with Crippen molar-refractivity contribution in [1.29, 1.82) is 0 Å². The standard InChI is InChI=1S/C26H20O6/c27-25(28)21-13-12-20-19(23(21)31-15-17-7-3-1-4-8-17)11-14-22(26(29)30)24(20)32-16-18-9-5-2-6-10-18/h1-14H,15-16H2,(H,27,28)(H,29,30). The molecule has 0 atom stereocenters. The number of hydrogen-bond donors (Lipinski definition) is 2. The number of benzene rings is 4. The lowest BCUT2D eigenvalue weighted by atomic mass is 10.0. The van der Waals surface area contributed by atoms with E-state index in [4.69, 9.17) is 9.47 Å². The highest BCUT2D eigenvalue weighted by Crippen LogP contribution is 2.38. The zero-order valence-electron chi connectivity index (χ0n) is 17.0. The molecule has 0 aromatic heterocycles. The summed E-state index contributed by atoms with van der Waals surface area (Å²) in [5.74, 6) is -1.94. The van der Waals surface area contributed by atoms with E-state index in [0.29, 0.717) is 10.8 Å². The Labute approximate surface area is 184 Å². The van der Waals surface area contributed by atoms with Crippen LogP contribution in [0.5, 0.6) is 11.5 Å². The molecule has 6 heteroatoms. The van der Waals surface area contributed by atoms with Crippen LogP contribution >= 0.6 is 0 Å². The molecule has 0 aliphatic rings. The van der Waals surface area contributed by atoms with Crippen LogP contribution in [0.1, 0.15) is 31.8 Å². The summed E-state index contributed by atoms with van der Waals surface area (Å²) in [6.45, 7) is 0.336. The third-order valence-electron chi connectivity index (χ3n) is 5.01. The fourth-order valence-corrected chi connectivity index (χ4v) is 3.46. The fraction of sp³-hybridized carbons (Fsp3) is 0.0769. The summed E-state index contributed by atoms with van der Waals surface area (Å²) in [5, 5.41) is 20.3. The maximum atomic E-state index is 11.8. The number of carboxylic acids is 2. The quantitative estimate of drug-likeness (QED) is 0.391. The van der Waals surface area contributed by atoms with Crippen LogP contribution in [0.4, 0.5) is 0 Å². The molecule has 4 rings (SSSR count). The lowest BCUT2D eigenvalue weighted by molar-refractivity contribution is 0.0680. The molecule has 0 aliphatic carbocycles. The van der Waals surface area contributed by atoms with Crippen LogP contribution in [-0.2, 0) is 13.2 Å². The second kappa shape index (κ2) is 9.22. The van der Waals surface area contributed by atoms with E-state index in [1.165, 1.54) is 12.1 Å². The van der Waals surface area contributed by atoms with Crippen LogP contribution in [0.2, 0.25) is 0 Å². The highest BCUT2D eigenvalue weighted by atomic mass is 16.5. The number of carboxylic acid groups (broad SMARTS) is 2. The Hall–Kier alpha value is -4.32. The second-order valence-electron chi connectivity index (χ2n) is 7.14. The zero-order valence-corrected chi connectivity index (χ0v) is 17.0. The molecule has 0 unspecified atom stereocenters. The Balaban J connectivity index is 1.79. The molecule has 0 saturated heterocycles. The molecule has 32 heavy (non-hydrogen) atoms. The highest BCUT2D eigenvalue weighted by molar-refractivity contribution is 6.06. The van der Waals surface area contributed by atoms with Crippen molar-refractivity contribution in [3.63, 3.8) is 0 Å². The largest absolute Gasteiger partial charge is 0.487 e. The average Bonchev–Trinajstić information content (AvgIpc) is 2.81. The molecule has 0 fully saturated rings. The third kappa shape index (κ3) is 4.39. The number of ether oxygens (including phenoxy) is 2. The van der Waals surface area contributed by atoms with Gasteiger partial charge in [0.1, 0.15) is 35.8 Å². The van der Waals surface area contributed by atoms with Gasteiger partial charge in [-0.3, -0.25) is 0 Å². The van der Waals surface area contributed by atoms with E-state index in [2.05, 4.69) is 0 Å². The first-order chi connectivity index (χ1) is 15.5. The van der Waals surface area contributed by atoms with Crippen molar-refractivity contribution in [3.8, 4) is 11.5 Å². The minimum atomic E-state index is -1.14. The molecule has 0 spiro atoms. The summed E-state index contributed by atoms with van der Waals surface area (Å²) in [5.41, 5.74) is 1.74. The summed E-state index contributed by atoms with van der Waals surface area (Å²) < 4.78 is 11.9. The van der Waals surface area contributed by atoms with E-state index in [1.54, 1.807) is 12.1 Å². The SMILES string of the molecule is O=C(O)c1ccc2c(OCc3ccccc3)c(C(=O)O)ccc2c1OCc1ccccc1. The van der Waals surface area contributed by atoms with Crippen LogP contribution < -0.4 is 9.47 Å². The van der Waals surface area contributed by atoms with Crippen LogP contribution in [0.25, 0.3) is 10.8 Å². The normalized spacial score (nSPS) is 10.6. The topological polar surface area (TPSA) is 93.1 Å². The van der Waals surface area contributed by atoms with Gasteiger partial charge in [-0.2, -0.15) is 0 Å². The van der Waals surface area contributed by atoms with Gasteiger partial charge in [-0.05, 0) is 35.4 Å². The van der Waals surface area contributed by atoms with Crippen LogP contribution in [0, 0.1) is 0 Å². The van der Waals surface area contributed by atoms with Crippen molar-refractivity contribution >= 4 is 22.7 Å². The average molecular weight is 428 g/mol. The number of hydrogen-bond acceptors (Lipinski definition) is 4. The summed E-state index contributed by atoms with van der Waals surface area (Å²) in [7, 11) is 0. The Bertz CT molecular complexity index is 1170. The molecular weight excluding hydrogens is 408 g/mol. The van der Waals surface area contributed by atoms with Gasteiger partial charge >= 0.3 is 11.9 Å². The Kier molecular flexibility index (Phi) is 6.03. The van der Waals surface area contributed by atoms with Gasteiger partial charge in [-0.1, -0.05) is 60.7 Å². The van der Waals surface area contributed by atoms with E-state index in [9.17, 15) is 19.8 Å². The molecule has 0 heterocycles. The number of fused-ring (bicyclic) bond motifs is 1. The maximum Gasteiger partial charge on any atom is 0.339 e. The zero-order chi connectivity index (χ0) is 22.5. The second-order valence-corrected chi connectivity index (χ2v) is 7.14. The van der Waals surface area contributed by atoms with Gasteiger partial charge in [-0.15, -0.1) is 0 Å². The van der Waals surface area contributed by atoms with E-state index < -0.39 is 11.9 Å². The first kappa shape index (κ1) is 20.9. The van der Waals surface area contributed by atoms with Gasteiger partial charge in [0.15, 0.2) is 0 Å². The molecule has 0 amide bonds. The lowest BCUT2D eigenvalue weighted by Gasteiger charge is -2.17. The molecule has 2 N–H and O–H groups in total. The van der Waals surface area contributed by atoms with Gasteiger partial charge in [0, 0.05) is 10.8 Å². The lowest BCUT2D eigenvalue weighted by Crippen LogP contribution is -2.07. The Morgan fingerprint density at radius 2 is 0.938 bits per heavy atom.